The molecule has 1 unspecified atom stereocenters. The lowest BCUT2D eigenvalue weighted by Crippen LogP contribution is -2.37. The normalized spacial score (nSPS) is 25.3. The van der Waals surface area contributed by atoms with Crippen LogP contribution in [0, 0.1) is 5.92 Å². The quantitative estimate of drug-likeness (QED) is 0.766. The van der Waals surface area contributed by atoms with Crippen LogP contribution in [-0.4, -0.2) is 29.1 Å². The fraction of sp³-hybridized carbons (Fsp3) is 0.917. The lowest BCUT2D eigenvalue weighted by atomic mass is 10.0. The minimum absolute atomic E-state index is 0.119. The van der Waals surface area contributed by atoms with Gasteiger partial charge in [-0.1, -0.05) is 13.8 Å². The van der Waals surface area contributed by atoms with Gasteiger partial charge in [0.25, 0.3) is 0 Å². The number of nitrogens with zero attached hydrogens (tertiary/aromatic N) is 1. The highest BCUT2D eigenvalue weighted by molar-refractivity contribution is 5.91. The van der Waals surface area contributed by atoms with Crippen molar-refractivity contribution in [3.8, 4) is 0 Å². The second-order valence-electron chi connectivity index (χ2n) is 5.51. The standard InChI is InChI=1S/C12H22N2O/c1-9(2)4-5-10(3)14-8-13-12(6-7-12)11(14)15/h9-10,13H,4-8H2,1-3H3. The smallest absolute Gasteiger partial charge is 0.244 e. The van der Waals surface area contributed by atoms with Crippen molar-refractivity contribution in [2.45, 2.75) is 58.0 Å². The van der Waals surface area contributed by atoms with Gasteiger partial charge < -0.3 is 4.90 Å². The molecule has 1 saturated carbocycles. The number of carbonyl (C=O) groups is 1. The maximum absolute atomic E-state index is 12.0. The van der Waals surface area contributed by atoms with Crippen molar-refractivity contribution in [1.82, 2.24) is 10.2 Å². The van der Waals surface area contributed by atoms with Crippen molar-refractivity contribution in [2.75, 3.05) is 6.67 Å². The molecule has 0 aromatic heterocycles. The van der Waals surface area contributed by atoms with Crippen molar-refractivity contribution in [3.63, 3.8) is 0 Å². The van der Waals surface area contributed by atoms with Crippen LogP contribution in [0.4, 0.5) is 0 Å². The van der Waals surface area contributed by atoms with Crippen LogP contribution in [0.1, 0.15) is 46.5 Å². The van der Waals surface area contributed by atoms with Crippen molar-refractivity contribution >= 4 is 5.91 Å². The summed E-state index contributed by atoms with van der Waals surface area (Å²) in [7, 11) is 0. The molecular weight excluding hydrogens is 188 g/mol. The van der Waals surface area contributed by atoms with Crippen LogP contribution < -0.4 is 5.32 Å². The molecule has 1 aliphatic carbocycles. The summed E-state index contributed by atoms with van der Waals surface area (Å²) in [6, 6.07) is 0.396. The van der Waals surface area contributed by atoms with Gasteiger partial charge in [0.15, 0.2) is 0 Å². The zero-order chi connectivity index (χ0) is 11.1. The topological polar surface area (TPSA) is 32.3 Å². The third-order valence-corrected chi connectivity index (χ3v) is 3.70. The molecule has 1 saturated heterocycles. The Hall–Kier alpha value is -0.570. The van der Waals surface area contributed by atoms with E-state index in [0.29, 0.717) is 11.9 Å². The highest BCUT2D eigenvalue weighted by Crippen LogP contribution is 2.40. The molecule has 1 amide bonds. The summed E-state index contributed by atoms with van der Waals surface area (Å²) in [5.41, 5.74) is -0.119. The van der Waals surface area contributed by atoms with E-state index in [-0.39, 0.29) is 5.54 Å². The number of hydrogen-bond acceptors (Lipinski definition) is 2. The highest BCUT2D eigenvalue weighted by Gasteiger charge is 2.56. The van der Waals surface area contributed by atoms with Crippen LogP contribution in [0.15, 0.2) is 0 Å². The van der Waals surface area contributed by atoms with Gasteiger partial charge in [-0.15, -0.1) is 0 Å². The van der Waals surface area contributed by atoms with Crippen LogP contribution in [0.3, 0.4) is 0 Å². The van der Waals surface area contributed by atoms with Gasteiger partial charge in [-0.2, -0.15) is 0 Å². The molecule has 0 radical (unpaired) electrons. The van der Waals surface area contributed by atoms with Crippen molar-refractivity contribution in [3.05, 3.63) is 0 Å². The average Bonchev–Trinajstić information content (AvgIpc) is 2.88. The van der Waals surface area contributed by atoms with Gasteiger partial charge in [0, 0.05) is 6.04 Å². The largest absolute Gasteiger partial charge is 0.326 e. The lowest BCUT2D eigenvalue weighted by Gasteiger charge is -2.24. The van der Waals surface area contributed by atoms with Crippen molar-refractivity contribution in [2.24, 2.45) is 5.92 Å². The van der Waals surface area contributed by atoms with Gasteiger partial charge in [-0.05, 0) is 38.5 Å². The first-order valence-corrected chi connectivity index (χ1v) is 6.11. The molecule has 0 bridgehead atoms. The molecule has 15 heavy (non-hydrogen) atoms. The SMILES string of the molecule is CC(C)CCC(C)N1CNC2(CC2)C1=O. The van der Waals surface area contributed by atoms with E-state index in [0.717, 1.165) is 31.8 Å². The maximum atomic E-state index is 12.0. The number of carbonyl (C=O) groups excluding carboxylic acids is 1. The number of amides is 1. The van der Waals surface area contributed by atoms with Gasteiger partial charge in [-0.25, -0.2) is 0 Å². The second kappa shape index (κ2) is 3.78. The van der Waals surface area contributed by atoms with Gasteiger partial charge in [0.1, 0.15) is 0 Å². The fourth-order valence-corrected chi connectivity index (χ4v) is 2.26. The minimum Gasteiger partial charge on any atom is -0.326 e. The molecule has 1 spiro atoms. The first kappa shape index (κ1) is 10.9. The Kier molecular flexibility index (Phi) is 2.75. The van der Waals surface area contributed by atoms with E-state index in [1.807, 2.05) is 4.90 Å². The van der Waals surface area contributed by atoms with Crippen molar-refractivity contribution < 1.29 is 4.79 Å². The Morgan fingerprint density at radius 2 is 2.00 bits per heavy atom. The maximum Gasteiger partial charge on any atom is 0.244 e. The van der Waals surface area contributed by atoms with E-state index >= 15 is 0 Å². The van der Waals surface area contributed by atoms with Gasteiger partial charge in [-0.3, -0.25) is 10.1 Å². The molecule has 1 aliphatic heterocycles. The lowest BCUT2D eigenvalue weighted by molar-refractivity contribution is -0.131. The zero-order valence-electron chi connectivity index (χ0n) is 10.0. The molecule has 2 fully saturated rings. The molecular formula is C12H22N2O. The van der Waals surface area contributed by atoms with E-state index in [1.54, 1.807) is 0 Å². The van der Waals surface area contributed by atoms with Gasteiger partial charge >= 0.3 is 0 Å². The Morgan fingerprint density at radius 1 is 1.33 bits per heavy atom. The third kappa shape index (κ3) is 2.03. The third-order valence-electron chi connectivity index (χ3n) is 3.70. The fourth-order valence-electron chi connectivity index (χ4n) is 2.26. The molecule has 0 aromatic carbocycles. The predicted octanol–water partition coefficient (Wildman–Crippen LogP) is 1.73. The molecule has 1 heterocycles. The summed E-state index contributed by atoms with van der Waals surface area (Å²) < 4.78 is 0. The molecule has 1 N–H and O–H groups in total. The van der Waals surface area contributed by atoms with Gasteiger partial charge in [0.05, 0.1) is 12.2 Å². The molecule has 2 rings (SSSR count). The van der Waals surface area contributed by atoms with E-state index in [9.17, 15) is 4.79 Å². The van der Waals surface area contributed by atoms with Crippen molar-refractivity contribution in [1.29, 1.82) is 0 Å². The number of hydrogen-bond donors (Lipinski definition) is 1. The molecule has 3 heteroatoms. The number of nitrogens with one attached hydrogen (secondary N) is 1. The summed E-state index contributed by atoms with van der Waals surface area (Å²) in [6.07, 6.45) is 4.41. The molecule has 0 aromatic rings. The van der Waals surface area contributed by atoms with E-state index in [2.05, 4.69) is 26.1 Å². The summed E-state index contributed by atoms with van der Waals surface area (Å²) in [5.74, 6) is 1.08. The molecule has 2 aliphatic rings. The van der Waals surface area contributed by atoms with Crippen LogP contribution in [0.25, 0.3) is 0 Å². The Balaban J connectivity index is 1.86. The Bertz CT molecular complexity index is 258. The Morgan fingerprint density at radius 3 is 2.47 bits per heavy atom. The van der Waals surface area contributed by atoms with Crippen LogP contribution in [0.5, 0.6) is 0 Å². The van der Waals surface area contributed by atoms with Crippen LogP contribution >= 0.6 is 0 Å². The molecule has 1 atom stereocenters. The van der Waals surface area contributed by atoms with Gasteiger partial charge in [0.2, 0.25) is 5.91 Å². The Labute approximate surface area is 92.2 Å². The average molecular weight is 210 g/mol. The monoisotopic (exact) mass is 210 g/mol. The van der Waals surface area contributed by atoms with Crippen LogP contribution in [-0.2, 0) is 4.79 Å². The summed E-state index contributed by atoms with van der Waals surface area (Å²) in [6.45, 7) is 7.40. The van der Waals surface area contributed by atoms with E-state index in [4.69, 9.17) is 0 Å². The first-order chi connectivity index (χ1) is 7.05. The first-order valence-electron chi connectivity index (χ1n) is 6.11. The second-order valence-corrected chi connectivity index (χ2v) is 5.51. The van der Waals surface area contributed by atoms with Crippen LogP contribution in [0.2, 0.25) is 0 Å². The predicted molar refractivity (Wildman–Crippen MR) is 60.3 cm³/mol. The molecule has 86 valence electrons. The summed E-state index contributed by atoms with van der Waals surface area (Å²) >= 11 is 0. The number of rotatable bonds is 4. The summed E-state index contributed by atoms with van der Waals surface area (Å²) in [5, 5.41) is 3.35. The molecule has 3 nitrogen and oxygen atoms in total. The minimum atomic E-state index is -0.119. The summed E-state index contributed by atoms with van der Waals surface area (Å²) in [4.78, 5) is 14.1. The van der Waals surface area contributed by atoms with E-state index in [1.165, 1.54) is 6.42 Å². The zero-order valence-corrected chi connectivity index (χ0v) is 10.0. The highest BCUT2D eigenvalue weighted by atomic mass is 16.2. The van der Waals surface area contributed by atoms with E-state index < -0.39 is 0 Å².